The highest BCUT2D eigenvalue weighted by molar-refractivity contribution is 7.54. The van der Waals surface area contributed by atoms with Gasteiger partial charge >= 0.3 is 7.60 Å². The smallest absolute Gasteiger partial charge is 0.308 e. The maximum atomic E-state index is 12.8. The van der Waals surface area contributed by atoms with Crippen molar-refractivity contribution in [3.05, 3.63) is 35.9 Å². The zero-order valence-corrected chi connectivity index (χ0v) is 13.1. The van der Waals surface area contributed by atoms with Gasteiger partial charge in [0.15, 0.2) is 0 Å². The molecule has 0 amide bonds. The van der Waals surface area contributed by atoms with Gasteiger partial charge in [-0.15, -0.1) is 0 Å². The van der Waals surface area contributed by atoms with Gasteiger partial charge in [0, 0.05) is 6.04 Å². The van der Waals surface area contributed by atoms with Crippen molar-refractivity contribution in [2.45, 2.75) is 44.9 Å². The van der Waals surface area contributed by atoms with E-state index >= 15 is 0 Å². The average Bonchev–Trinajstić information content (AvgIpc) is 2.49. The second-order valence-electron chi connectivity index (χ2n) is 4.95. The Hall–Kier alpha value is -0.670. The molecule has 1 N–H and O–H groups in total. The largest absolute Gasteiger partial charge is 0.347 e. The van der Waals surface area contributed by atoms with Crippen molar-refractivity contribution in [1.29, 1.82) is 0 Å². The molecule has 1 aromatic carbocycles. The second-order valence-corrected chi connectivity index (χ2v) is 7.17. The van der Waals surface area contributed by atoms with E-state index < -0.39 is 7.60 Å². The number of hydrogen-bond donors (Lipinski definition) is 1. The lowest BCUT2D eigenvalue weighted by atomic mass is 9.98. The molecular weight excluding hydrogens is 273 g/mol. The molecular formula is C15H24NO3P. The van der Waals surface area contributed by atoms with Crippen LogP contribution in [0.2, 0.25) is 0 Å². The van der Waals surface area contributed by atoms with Crippen molar-refractivity contribution in [2.24, 2.45) is 0 Å². The zero-order chi connectivity index (χ0) is 14.4. The van der Waals surface area contributed by atoms with E-state index in [9.17, 15) is 4.57 Å². The van der Waals surface area contributed by atoms with E-state index in [2.05, 4.69) is 17.4 Å². The van der Waals surface area contributed by atoms with Gasteiger partial charge in [0.05, 0.1) is 13.2 Å². The predicted octanol–water partition coefficient (Wildman–Crippen LogP) is 4.09. The van der Waals surface area contributed by atoms with Crippen LogP contribution < -0.4 is 5.32 Å². The molecule has 2 rings (SSSR count). The fourth-order valence-corrected chi connectivity index (χ4v) is 4.70. The Balaban J connectivity index is 2.11. The quantitative estimate of drug-likeness (QED) is 0.803. The fourth-order valence-electron chi connectivity index (χ4n) is 2.69. The molecule has 0 unspecified atom stereocenters. The lowest BCUT2D eigenvalue weighted by Crippen LogP contribution is -2.37. The minimum atomic E-state index is -3.06. The van der Waals surface area contributed by atoms with E-state index in [1.165, 1.54) is 5.56 Å². The van der Waals surface area contributed by atoms with Crippen molar-refractivity contribution < 1.29 is 13.6 Å². The van der Waals surface area contributed by atoms with Crippen LogP contribution in [0.15, 0.2) is 30.3 Å². The first-order chi connectivity index (χ1) is 9.69. The monoisotopic (exact) mass is 297 g/mol. The van der Waals surface area contributed by atoms with Crippen molar-refractivity contribution in [1.82, 2.24) is 5.32 Å². The summed E-state index contributed by atoms with van der Waals surface area (Å²) in [4.78, 5) is 0. The highest BCUT2D eigenvalue weighted by atomic mass is 31.2. The van der Waals surface area contributed by atoms with Gasteiger partial charge < -0.3 is 9.05 Å². The Morgan fingerprint density at radius 1 is 1.15 bits per heavy atom. The molecule has 0 aliphatic carbocycles. The third-order valence-corrected chi connectivity index (χ3v) is 5.97. The number of piperidine rings is 1. The molecule has 0 radical (unpaired) electrons. The summed E-state index contributed by atoms with van der Waals surface area (Å²) in [6.07, 6.45) is 2.92. The SMILES string of the molecule is CCOP(=O)(OCC)[C@@H]1CCC[C@H](c2ccccc2)N1. The summed E-state index contributed by atoms with van der Waals surface area (Å²) >= 11 is 0. The first-order valence-electron chi connectivity index (χ1n) is 7.39. The van der Waals surface area contributed by atoms with Crippen molar-refractivity contribution in [2.75, 3.05) is 13.2 Å². The van der Waals surface area contributed by atoms with Crippen molar-refractivity contribution in [3.63, 3.8) is 0 Å². The van der Waals surface area contributed by atoms with Gasteiger partial charge in [-0.1, -0.05) is 30.3 Å². The average molecular weight is 297 g/mol. The molecule has 2 atom stereocenters. The van der Waals surface area contributed by atoms with Gasteiger partial charge in [0.1, 0.15) is 5.78 Å². The number of nitrogens with one attached hydrogen (secondary N) is 1. The van der Waals surface area contributed by atoms with E-state index in [1.54, 1.807) is 0 Å². The molecule has 0 saturated carbocycles. The fraction of sp³-hybridized carbons (Fsp3) is 0.600. The molecule has 1 fully saturated rings. The van der Waals surface area contributed by atoms with Crippen LogP contribution >= 0.6 is 7.60 Å². The molecule has 1 aromatic rings. The van der Waals surface area contributed by atoms with Crippen molar-refractivity contribution in [3.8, 4) is 0 Å². The molecule has 112 valence electrons. The van der Waals surface area contributed by atoms with Gasteiger partial charge in [0.25, 0.3) is 0 Å². The van der Waals surface area contributed by atoms with Crippen LogP contribution in [-0.2, 0) is 13.6 Å². The molecule has 1 aliphatic rings. The summed E-state index contributed by atoms with van der Waals surface area (Å²) in [7, 11) is -3.06. The lowest BCUT2D eigenvalue weighted by Gasteiger charge is -2.35. The van der Waals surface area contributed by atoms with Gasteiger partial charge in [-0.25, -0.2) is 0 Å². The minimum absolute atomic E-state index is 0.207. The lowest BCUT2D eigenvalue weighted by molar-refractivity contribution is 0.196. The van der Waals surface area contributed by atoms with Crippen LogP contribution in [0, 0.1) is 0 Å². The summed E-state index contributed by atoms with van der Waals surface area (Å²) < 4.78 is 23.8. The number of hydrogen-bond acceptors (Lipinski definition) is 4. The summed E-state index contributed by atoms with van der Waals surface area (Å²) in [6.45, 7) is 4.52. The molecule has 0 spiro atoms. The molecule has 1 heterocycles. The first kappa shape index (κ1) is 15.7. The van der Waals surface area contributed by atoms with Gasteiger partial charge in [-0.3, -0.25) is 9.88 Å². The van der Waals surface area contributed by atoms with Crippen LogP contribution in [0.3, 0.4) is 0 Å². The van der Waals surface area contributed by atoms with Crippen LogP contribution in [-0.4, -0.2) is 19.0 Å². The van der Waals surface area contributed by atoms with Gasteiger partial charge in [-0.05, 0) is 38.7 Å². The Labute approximate surface area is 121 Å². The Morgan fingerprint density at radius 3 is 2.40 bits per heavy atom. The van der Waals surface area contributed by atoms with E-state index in [0.717, 1.165) is 19.3 Å². The maximum absolute atomic E-state index is 12.8. The van der Waals surface area contributed by atoms with Crippen LogP contribution in [0.25, 0.3) is 0 Å². The predicted molar refractivity (Wildman–Crippen MR) is 80.8 cm³/mol. The van der Waals surface area contributed by atoms with Crippen LogP contribution in [0.5, 0.6) is 0 Å². The number of benzene rings is 1. The molecule has 0 bridgehead atoms. The number of rotatable bonds is 6. The molecule has 5 heteroatoms. The Bertz CT molecular complexity index is 442. The van der Waals surface area contributed by atoms with Gasteiger partial charge in [-0.2, -0.15) is 0 Å². The van der Waals surface area contributed by atoms with E-state index in [4.69, 9.17) is 9.05 Å². The van der Waals surface area contributed by atoms with Gasteiger partial charge in [0.2, 0.25) is 0 Å². The third-order valence-electron chi connectivity index (χ3n) is 3.57. The van der Waals surface area contributed by atoms with Crippen LogP contribution in [0.4, 0.5) is 0 Å². The Kier molecular flexibility index (Phi) is 5.79. The minimum Gasteiger partial charge on any atom is -0.308 e. The first-order valence-corrected chi connectivity index (χ1v) is 9.00. The van der Waals surface area contributed by atoms with E-state index in [1.807, 2.05) is 32.0 Å². The topological polar surface area (TPSA) is 47.6 Å². The molecule has 20 heavy (non-hydrogen) atoms. The standard InChI is InChI=1S/C15H24NO3P/c1-3-18-20(17,19-4-2)15-12-8-11-14(16-15)13-9-6-5-7-10-13/h5-7,9-10,14-16H,3-4,8,11-12H2,1-2H3/t14-,15-/m1/s1. The summed E-state index contributed by atoms with van der Waals surface area (Å²) in [5.41, 5.74) is 1.23. The van der Waals surface area contributed by atoms with Crippen LogP contribution in [0.1, 0.15) is 44.7 Å². The maximum Gasteiger partial charge on any atom is 0.347 e. The molecule has 0 aromatic heterocycles. The summed E-state index contributed by atoms with van der Waals surface area (Å²) in [5.74, 6) is -0.207. The van der Waals surface area contributed by atoms with E-state index in [0.29, 0.717) is 13.2 Å². The highest BCUT2D eigenvalue weighted by Gasteiger charge is 2.38. The third kappa shape index (κ3) is 3.70. The normalized spacial score (nSPS) is 23.7. The summed E-state index contributed by atoms with van der Waals surface area (Å²) in [5, 5.41) is 3.47. The summed E-state index contributed by atoms with van der Waals surface area (Å²) in [6, 6.07) is 10.5. The molecule has 1 aliphatic heterocycles. The zero-order valence-electron chi connectivity index (χ0n) is 12.2. The second kappa shape index (κ2) is 7.37. The molecule has 4 nitrogen and oxygen atoms in total. The van der Waals surface area contributed by atoms with E-state index in [-0.39, 0.29) is 11.8 Å². The Morgan fingerprint density at radius 2 is 1.80 bits per heavy atom. The molecule has 1 saturated heterocycles. The van der Waals surface area contributed by atoms with Crippen molar-refractivity contribution >= 4 is 7.60 Å². The highest BCUT2D eigenvalue weighted by Crippen LogP contribution is 2.55.